The zero-order chi connectivity index (χ0) is 23.1. The van der Waals surface area contributed by atoms with Gasteiger partial charge in [0.15, 0.2) is 0 Å². The van der Waals surface area contributed by atoms with Crippen LogP contribution in [-0.4, -0.2) is 21.3 Å². The third-order valence-corrected chi connectivity index (χ3v) is 4.60. The minimum Gasteiger partial charge on any atom is -0.258 e. The van der Waals surface area contributed by atoms with Crippen LogP contribution in [0.1, 0.15) is 19.4 Å². The molecule has 0 radical (unpaired) electrons. The Kier molecular flexibility index (Phi) is 6.97. The van der Waals surface area contributed by atoms with E-state index in [0.29, 0.717) is 22.8 Å². The highest BCUT2D eigenvalue weighted by molar-refractivity contribution is 6.26. The van der Waals surface area contributed by atoms with Crippen molar-refractivity contribution < 1.29 is 9.85 Å². The molecule has 0 aromatic heterocycles. The average Bonchev–Trinajstić information content (AvgIpc) is 2.78. The Morgan fingerprint density at radius 2 is 1.09 bits per heavy atom. The van der Waals surface area contributed by atoms with Gasteiger partial charge in [-0.1, -0.05) is 30.3 Å². The van der Waals surface area contributed by atoms with Crippen molar-refractivity contribution in [2.45, 2.75) is 13.8 Å². The van der Waals surface area contributed by atoms with Gasteiger partial charge in [0.2, 0.25) is 0 Å². The molecule has 0 fully saturated rings. The lowest BCUT2D eigenvalue weighted by molar-refractivity contribution is -0.385. The summed E-state index contributed by atoms with van der Waals surface area (Å²) in [6.07, 6.45) is 1.95. The second-order valence-corrected chi connectivity index (χ2v) is 6.91. The highest BCUT2D eigenvalue weighted by Gasteiger charge is 2.10. The zero-order valence-electron chi connectivity index (χ0n) is 17.5. The number of hydrogen-bond donors (Lipinski definition) is 0. The van der Waals surface area contributed by atoms with E-state index in [1.807, 2.05) is 50.3 Å². The molecule has 32 heavy (non-hydrogen) atoms. The largest absolute Gasteiger partial charge is 0.269 e. The van der Waals surface area contributed by atoms with E-state index in [0.717, 1.165) is 11.1 Å². The molecular formula is C24H20N4O4. The van der Waals surface area contributed by atoms with E-state index in [4.69, 9.17) is 0 Å². The molecule has 8 nitrogen and oxygen atoms in total. The maximum atomic E-state index is 10.9. The van der Waals surface area contributed by atoms with Crippen molar-refractivity contribution in [3.8, 4) is 0 Å². The molecule has 0 amide bonds. The molecule has 0 spiro atoms. The van der Waals surface area contributed by atoms with E-state index in [1.54, 1.807) is 24.3 Å². The zero-order valence-corrected chi connectivity index (χ0v) is 17.5. The molecule has 0 bridgehead atoms. The smallest absolute Gasteiger partial charge is 0.258 e. The molecule has 8 heteroatoms. The van der Waals surface area contributed by atoms with Gasteiger partial charge in [0.05, 0.1) is 21.2 Å². The number of allylic oxidation sites excluding steroid dienone is 1. The van der Waals surface area contributed by atoms with Gasteiger partial charge in [0.25, 0.3) is 11.4 Å². The molecule has 0 N–H and O–H groups in total. The predicted molar refractivity (Wildman–Crippen MR) is 126 cm³/mol. The lowest BCUT2D eigenvalue weighted by Crippen LogP contribution is -2.07. The van der Waals surface area contributed by atoms with Crippen LogP contribution >= 0.6 is 0 Å². The molecule has 3 aromatic rings. The monoisotopic (exact) mass is 428 g/mol. The molecule has 0 aliphatic heterocycles. The Morgan fingerprint density at radius 1 is 0.688 bits per heavy atom. The number of rotatable bonds is 7. The van der Waals surface area contributed by atoms with Crippen molar-refractivity contribution in [2.24, 2.45) is 9.98 Å². The molecule has 0 atom stereocenters. The van der Waals surface area contributed by atoms with E-state index < -0.39 is 9.85 Å². The molecule has 0 saturated carbocycles. The van der Waals surface area contributed by atoms with Gasteiger partial charge in [-0.05, 0) is 49.8 Å². The Labute approximate surface area is 184 Å². The number of benzene rings is 3. The lowest BCUT2D eigenvalue weighted by atomic mass is 10.0. The van der Waals surface area contributed by atoms with E-state index >= 15 is 0 Å². The number of non-ortho nitro benzene ring substituents is 2. The summed E-state index contributed by atoms with van der Waals surface area (Å²) in [5.74, 6) is 0. The Hall–Kier alpha value is -4.46. The Bertz CT molecular complexity index is 1140. The van der Waals surface area contributed by atoms with Crippen LogP contribution in [0.5, 0.6) is 0 Å². The SMILES string of the molecule is CC(=Nc1ccc([N+](=O)[O-])cc1)C(=Cc1ccccc1)C(C)=Nc1ccc([N+](=O)[O-])cc1. The molecular weight excluding hydrogens is 408 g/mol. The van der Waals surface area contributed by atoms with Crippen molar-refractivity contribution in [2.75, 3.05) is 0 Å². The molecule has 0 aliphatic carbocycles. The van der Waals surface area contributed by atoms with Crippen molar-refractivity contribution in [3.05, 3.63) is 110 Å². The van der Waals surface area contributed by atoms with Crippen molar-refractivity contribution in [1.29, 1.82) is 0 Å². The summed E-state index contributed by atoms with van der Waals surface area (Å²) in [7, 11) is 0. The molecule has 0 saturated heterocycles. The summed E-state index contributed by atoms with van der Waals surface area (Å²) in [6, 6.07) is 21.7. The molecule has 3 rings (SSSR count). The maximum absolute atomic E-state index is 10.9. The third kappa shape index (κ3) is 5.79. The number of aliphatic imine (C=N–C) groups is 2. The number of hydrogen-bond acceptors (Lipinski definition) is 6. The van der Waals surface area contributed by atoms with Gasteiger partial charge in [-0.15, -0.1) is 0 Å². The molecule has 0 heterocycles. The van der Waals surface area contributed by atoms with Crippen LogP contribution in [0.4, 0.5) is 22.7 Å². The van der Waals surface area contributed by atoms with Crippen LogP contribution in [0.3, 0.4) is 0 Å². The van der Waals surface area contributed by atoms with Crippen LogP contribution in [0, 0.1) is 20.2 Å². The third-order valence-electron chi connectivity index (χ3n) is 4.60. The van der Waals surface area contributed by atoms with Crippen LogP contribution in [0.25, 0.3) is 6.08 Å². The molecule has 3 aromatic carbocycles. The van der Waals surface area contributed by atoms with Gasteiger partial charge in [-0.25, -0.2) is 0 Å². The number of nitro groups is 2. The van der Waals surface area contributed by atoms with Crippen molar-refractivity contribution in [3.63, 3.8) is 0 Å². The van der Waals surface area contributed by atoms with Gasteiger partial charge in [0.1, 0.15) is 0 Å². The maximum Gasteiger partial charge on any atom is 0.269 e. The first-order valence-electron chi connectivity index (χ1n) is 9.70. The summed E-state index contributed by atoms with van der Waals surface area (Å²) in [4.78, 5) is 30.1. The summed E-state index contributed by atoms with van der Waals surface area (Å²) >= 11 is 0. The van der Waals surface area contributed by atoms with Crippen molar-refractivity contribution in [1.82, 2.24) is 0 Å². The summed E-state index contributed by atoms with van der Waals surface area (Å²) < 4.78 is 0. The van der Waals surface area contributed by atoms with Gasteiger partial charge in [-0.3, -0.25) is 30.2 Å². The fraction of sp³-hybridized carbons (Fsp3) is 0.0833. The average molecular weight is 428 g/mol. The Balaban J connectivity index is 2.00. The van der Waals surface area contributed by atoms with Gasteiger partial charge in [-0.2, -0.15) is 0 Å². The normalized spacial score (nSPS) is 11.7. The van der Waals surface area contributed by atoms with E-state index in [1.165, 1.54) is 24.3 Å². The Morgan fingerprint density at radius 3 is 1.47 bits per heavy atom. The second kappa shape index (κ2) is 10.0. The highest BCUT2D eigenvalue weighted by Crippen LogP contribution is 2.23. The lowest BCUT2D eigenvalue weighted by Gasteiger charge is -2.09. The number of nitro benzene ring substituents is 2. The van der Waals surface area contributed by atoms with Gasteiger partial charge in [0, 0.05) is 41.3 Å². The minimum atomic E-state index is -0.456. The van der Waals surface area contributed by atoms with Gasteiger partial charge >= 0.3 is 0 Å². The quantitative estimate of drug-likeness (QED) is 0.244. The standard InChI is InChI=1S/C24H20N4O4/c1-17(25-20-8-12-22(13-9-20)27(29)30)24(16-19-6-4-3-5-7-19)18(2)26-21-10-14-23(15-11-21)28(31)32/h3-16H,1-2H3. The first-order valence-corrected chi connectivity index (χ1v) is 9.70. The number of nitrogens with zero attached hydrogens (tertiary/aromatic N) is 4. The van der Waals surface area contributed by atoms with E-state index in [9.17, 15) is 20.2 Å². The van der Waals surface area contributed by atoms with Crippen LogP contribution in [-0.2, 0) is 0 Å². The first-order chi connectivity index (χ1) is 15.3. The summed E-state index contributed by atoms with van der Waals surface area (Å²) in [5, 5.41) is 21.7. The molecule has 0 unspecified atom stereocenters. The van der Waals surface area contributed by atoms with Gasteiger partial charge < -0.3 is 0 Å². The minimum absolute atomic E-state index is 0.00225. The van der Waals surface area contributed by atoms with Crippen LogP contribution < -0.4 is 0 Å². The van der Waals surface area contributed by atoms with E-state index in [2.05, 4.69) is 9.98 Å². The topological polar surface area (TPSA) is 111 Å². The molecule has 160 valence electrons. The summed E-state index contributed by atoms with van der Waals surface area (Å²) in [6.45, 7) is 3.68. The molecule has 0 aliphatic rings. The highest BCUT2D eigenvalue weighted by atomic mass is 16.6. The fourth-order valence-electron chi connectivity index (χ4n) is 2.99. The second-order valence-electron chi connectivity index (χ2n) is 6.91. The fourth-order valence-corrected chi connectivity index (χ4v) is 2.99. The van der Waals surface area contributed by atoms with Crippen molar-refractivity contribution >= 4 is 40.2 Å². The first kappa shape index (κ1) is 22.2. The predicted octanol–water partition coefficient (Wildman–Crippen LogP) is 6.47. The van der Waals surface area contributed by atoms with Crippen LogP contribution in [0.2, 0.25) is 0 Å². The van der Waals surface area contributed by atoms with Crippen LogP contribution in [0.15, 0.2) is 94.4 Å². The summed E-state index contributed by atoms with van der Waals surface area (Å²) in [5.41, 5.74) is 4.23. The van der Waals surface area contributed by atoms with E-state index in [-0.39, 0.29) is 11.4 Å².